The SMILES string of the molecule is Cc1ccc(N2C[C@H](C(=O)Nc3ccc(OCc4nnc(-c5ccccc5C)o4)cc3)CC2=O)cc1. The molecule has 3 aromatic carbocycles. The van der Waals surface area contributed by atoms with Gasteiger partial charge in [-0.3, -0.25) is 9.59 Å². The number of ether oxygens (including phenoxy) is 1. The zero-order valence-electron chi connectivity index (χ0n) is 20.1. The Morgan fingerprint density at radius 2 is 1.78 bits per heavy atom. The molecule has 36 heavy (non-hydrogen) atoms. The summed E-state index contributed by atoms with van der Waals surface area (Å²) in [4.78, 5) is 26.9. The zero-order chi connectivity index (χ0) is 25.1. The second-order valence-electron chi connectivity index (χ2n) is 8.86. The minimum atomic E-state index is -0.408. The van der Waals surface area contributed by atoms with E-state index in [0.717, 1.165) is 22.4 Å². The van der Waals surface area contributed by atoms with E-state index in [1.165, 1.54) is 0 Å². The van der Waals surface area contributed by atoms with E-state index in [0.29, 0.717) is 29.8 Å². The lowest BCUT2D eigenvalue weighted by atomic mass is 10.1. The van der Waals surface area contributed by atoms with E-state index in [-0.39, 0.29) is 24.8 Å². The van der Waals surface area contributed by atoms with Crippen LogP contribution in [0, 0.1) is 19.8 Å². The molecule has 1 aliphatic heterocycles. The molecule has 2 heterocycles. The van der Waals surface area contributed by atoms with Crippen molar-refractivity contribution in [2.75, 3.05) is 16.8 Å². The van der Waals surface area contributed by atoms with Crippen molar-refractivity contribution >= 4 is 23.2 Å². The molecule has 5 rings (SSSR count). The Hall–Kier alpha value is -4.46. The molecule has 1 aromatic heterocycles. The number of hydrogen-bond acceptors (Lipinski definition) is 6. The predicted molar refractivity (Wildman–Crippen MR) is 136 cm³/mol. The Balaban J connectivity index is 1.14. The number of amides is 2. The number of carbonyl (C=O) groups excluding carboxylic acids is 2. The molecule has 1 saturated heterocycles. The van der Waals surface area contributed by atoms with Crippen molar-refractivity contribution in [3.05, 3.63) is 89.8 Å². The fraction of sp³-hybridized carbons (Fsp3) is 0.214. The third-order valence-electron chi connectivity index (χ3n) is 6.17. The van der Waals surface area contributed by atoms with Crippen LogP contribution in [-0.2, 0) is 16.2 Å². The molecular formula is C28H26N4O4. The van der Waals surface area contributed by atoms with Crippen molar-refractivity contribution in [1.82, 2.24) is 10.2 Å². The summed E-state index contributed by atoms with van der Waals surface area (Å²) in [6, 6.07) is 22.6. The maximum atomic E-state index is 12.8. The first-order valence-corrected chi connectivity index (χ1v) is 11.8. The lowest BCUT2D eigenvalue weighted by Crippen LogP contribution is -2.28. The van der Waals surface area contributed by atoms with Crippen LogP contribution in [0.2, 0.25) is 0 Å². The van der Waals surface area contributed by atoms with E-state index in [4.69, 9.17) is 9.15 Å². The zero-order valence-corrected chi connectivity index (χ0v) is 20.1. The number of nitrogens with one attached hydrogen (secondary N) is 1. The van der Waals surface area contributed by atoms with Gasteiger partial charge in [-0.05, 0) is 61.9 Å². The van der Waals surface area contributed by atoms with Crippen molar-refractivity contribution in [3.63, 3.8) is 0 Å². The third kappa shape index (κ3) is 5.12. The van der Waals surface area contributed by atoms with Crippen molar-refractivity contribution in [2.24, 2.45) is 5.92 Å². The van der Waals surface area contributed by atoms with E-state index in [1.54, 1.807) is 29.2 Å². The molecule has 182 valence electrons. The highest BCUT2D eigenvalue weighted by atomic mass is 16.5. The molecule has 0 spiro atoms. The van der Waals surface area contributed by atoms with Gasteiger partial charge in [-0.25, -0.2) is 0 Å². The summed E-state index contributed by atoms with van der Waals surface area (Å²) in [6.07, 6.45) is 0.190. The summed E-state index contributed by atoms with van der Waals surface area (Å²) in [5.41, 5.74) is 4.51. The van der Waals surface area contributed by atoms with Gasteiger partial charge in [0.15, 0.2) is 6.61 Å². The Morgan fingerprint density at radius 3 is 2.53 bits per heavy atom. The second kappa shape index (κ2) is 10.0. The Bertz CT molecular complexity index is 1380. The van der Waals surface area contributed by atoms with Gasteiger partial charge in [0, 0.05) is 29.9 Å². The van der Waals surface area contributed by atoms with Crippen LogP contribution < -0.4 is 15.0 Å². The maximum Gasteiger partial charge on any atom is 0.254 e. The minimum absolute atomic E-state index is 0.0469. The van der Waals surface area contributed by atoms with Gasteiger partial charge in [-0.15, -0.1) is 10.2 Å². The third-order valence-corrected chi connectivity index (χ3v) is 6.17. The Kier molecular flexibility index (Phi) is 6.49. The molecule has 1 aliphatic rings. The van der Waals surface area contributed by atoms with Gasteiger partial charge in [-0.1, -0.05) is 35.9 Å². The van der Waals surface area contributed by atoms with Gasteiger partial charge in [0.1, 0.15) is 5.75 Å². The molecule has 4 aromatic rings. The summed E-state index contributed by atoms with van der Waals surface area (Å²) < 4.78 is 11.5. The number of aryl methyl sites for hydroxylation is 2. The number of rotatable bonds is 7. The van der Waals surface area contributed by atoms with Crippen molar-refractivity contribution in [2.45, 2.75) is 26.9 Å². The smallest absolute Gasteiger partial charge is 0.254 e. The quantitative estimate of drug-likeness (QED) is 0.401. The molecule has 8 nitrogen and oxygen atoms in total. The molecule has 0 bridgehead atoms. The summed E-state index contributed by atoms with van der Waals surface area (Å²) in [6.45, 7) is 4.48. The number of nitrogens with zero attached hydrogens (tertiary/aromatic N) is 3. The van der Waals surface area contributed by atoms with E-state index in [9.17, 15) is 9.59 Å². The standard InChI is InChI=1S/C28H26N4O4/c1-18-7-11-22(12-8-18)32-16-20(15-26(32)33)27(34)29-21-9-13-23(14-10-21)35-17-25-30-31-28(36-25)24-6-4-3-5-19(24)2/h3-14,20H,15-17H2,1-2H3,(H,29,34)/t20-/m1/s1. The monoisotopic (exact) mass is 482 g/mol. The topological polar surface area (TPSA) is 97.6 Å². The summed E-state index contributed by atoms with van der Waals surface area (Å²) in [7, 11) is 0. The van der Waals surface area contributed by atoms with Crippen LogP contribution in [0.4, 0.5) is 11.4 Å². The van der Waals surface area contributed by atoms with Crippen LogP contribution in [-0.4, -0.2) is 28.6 Å². The molecule has 0 unspecified atom stereocenters. The fourth-order valence-electron chi connectivity index (χ4n) is 4.11. The highest BCUT2D eigenvalue weighted by Crippen LogP contribution is 2.27. The van der Waals surface area contributed by atoms with Crippen LogP contribution in [0.5, 0.6) is 5.75 Å². The molecular weight excluding hydrogens is 456 g/mol. The van der Waals surface area contributed by atoms with E-state index < -0.39 is 5.92 Å². The van der Waals surface area contributed by atoms with Crippen molar-refractivity contribution in [1.29, 1.82) is 0 Å². The number of anilines is 2. The molecule has 2 amide bonds. The molecule has 0 aliphatic carbocycles. The van der Waals surface area contributed by atoms with Crippen LogP contribution in [0.1, 0.15) is 23.4 Å². The van der Waals surface area contributed by atoms with Gasteiger partial charge in [0.25, 0.3) is 5.89 Å². The second-order valence-corrected chi connectivity index (χ2v) is 8.86. The lowest BCUT2D eigenvalue weighted by Gasteiger charge is -2.17. The Labute approximate surface area is 208 Å². The van der Waals surface area contributed by atoms with Gasteiger partial charge in [0.2, 0.25) is 17.7 Å². The van der Waals surface area contributed by atoms with E-state index in [2.05, 4.69) is 15.5 Å². The number of carbonyl (C=O) groups is 2. The van der Waals surface area contributed by atoms with Crippen LogP contribution >= 0.6 is 0 Å². The minimum Gasteiger partial charge on any atom is -0.484 e. The molecule has 1 atom stereocenters. The number of hydrogen-bond donors (Lipinski definition) is 1. The van der Waals surface area contributed by atoms with Crippen molar-refractivity contribution < 1.29 is 18.7 Å². The van der Waals surface area contributed by atoms with Crippen molar-refractivity contribution in [3.8, 4) is 17.2 Å². The normalized spacial score (nSPS) is 15.2. The van der Waals surface area contributed by atoms with Gasteiger partial charge >= 0.3 is 0 Å². The van der Waals surface area contributed by atoms with Crippen LogP contribution in [0.15, 0.2) is 77.2 Å². The van der Waals surface area contributed by atoms with Gasteiger partial charge in [0.05, 0.1) is 5.92 Å². The molecule has 1 N–H and O–H groups in total. The van der Waals surface area contributed by atoms with Gasteiger partial charge in [-0.2, -0.15) is 0 Å². The molecule has 1 fully saturated rings. The average Bonchev–Trinajstić information content (AvgIpc) is 3.51. The maximum absolute atomic E-state index is 12.8. The first kappa shape index (κ1) is 23.3. The molecule has 8 heteroatoms. The van der Waals surface area contributed by atoms with Crippen LogP contribution in [0.25, 0.3) is 11.5 Å². The largest absolute Gasteiger partial charge is 0.484 e. The fourth-order valence-corrected chi connectivity index (χ4v) is 4.11. The molecule has 0 radical (unpaired) electrons. The summed E-state index contributed by atoms with van der Waals surface area (Å²) >= 11 is 0. The molecule has 0 saturated carbocycles. The first-order chi connectivity index (χ1) is 17.5. The lowest BCUT2D eigenvalue weighted by molar-refractivity contribution is -0.122. The number of aromatic nitrogens is 2. The van der Waals surface area contributed by atoms with E-state index >= 15 is 0 Å². The van der Waals surface area contributed by atoms with E-state index in [1.807, 2.05) is 62.4 Å². The van der Waals surface area contributed by atoms with Crippen LogP contribution in [0.3, 0.4) is 0 Å². The Morgan fingerprint density at radius 1 is 1.03 bits per heavy atom. The average molecular weight is 483 g/mol. The number of benzene rings is 3. The highest BCUT2D eigenvalue weighted by Gasteiger charge is 2.35. The highest BCUT2D eigenvalue weighted by molar-refractivity contribution is 6.03. The van der Waals surface area contributed by atoms with Gasteiger partial charge < -0.3 is 19.4 Å². The summed E-state index contributed by atoms with van der Waals surface area (Å²) in [5, 5.41) is 11.1. The summed E-state index contributed by atoms with van der Waals surface area (Å²) in [5.74, 6) is 0.793. The first-order valence-electron chi connectivity index (χ1n) is 11.8. The predicted octanol–water partition coefficient (Wildman–Crippen LogP) is 4.92.